The molecule has 34 heavy (non-hydrogen) atoms. The molecule has 184 valence electrons. The summed E-state index contributed by atoms with van der Waals surface area (Å²) in [5.41, 5.74) is 0.512. The normalized spacial score (nSPS) is 15.7. The molecule has 12 heteroatoms. The molecule has 0 fully saturated rings. The van der Waals surface area contributed by atoms with E-state index in [1.807, 2.05) is 13.8 Å². The molecule has 0 spiro atoms. The van der Waals surface area contributed by atoms with Gasteiger partial charge in [0, 0.05) is 25.1 Å². The van der Waals surface area contributed by atoms with Crippen molar-refractivity contribution in [3.63, 3.8) is 0 Å². The standard InChI is InChI=1S/C22H24BF3O8/c1-12(2)8-17-18(33-21(29)32-17)11-31-20(28)16-5-3-4-13-9-14(23(30)34-19(13)16)10-15(27)6-7-22(24,25)26/h3-5,12,14,30H,6-11H2,1-2H3/t14-/m1/s1. The van der Waals surface area contributed by atoms with Crippen LogP contribution in [0.2, 0.25) is 5.82 Å². The molecular formula is C22H24BF3O8. The highest BCUT2D eigenvalue weighted by Gasteiger charge is 2.38. The molecule has 1 aliphatic rings. The van der Waals surface area contributed by atoms with Crippen molar-refractivity contribution in [3.8, 4) is 5.75 Å². The number of carbonyl (C=O) groups excluding carboxylic acids is 2. The predicted octanol–water partition coefficient (Wildman–Crippen LogP) is 3.88. The van der Waals surface area contributed by atoms with Gasteiger partial charge in [-0.2, -0.15) is 13.2 Å². The average molecular weight is 484 g/mol. The predicted molar refractivity (Wildman–Crippen MR) is 112 cm³/mol. The van der Waals surface area contributed by atoms with Crippen LogP contribution in [-0.4, -0.2) is 30.1 Å². The third kappa shape index (κ3) is 6.75. The zero-order chi connectivity index (χ0) is 25.0. The molecule has 1 aromatic carbocycles. The van der Waals surface area contributed by atoms with E-state index in [-0.39, 0.29) is 48.2 Å². The van der Waals surface area contributed by atoms with Gasteiger partial charge in [0.1, 0.15) is 17.1 Å². The van der Waals surface area contributed by atoms with Gasteiger partial charge in [-0.15, -0.1) is 0 Å². The summed E-state index contributed by atoms with van der Waals surface area (Å²) in [6, 6.07) is 4.60. The third-order valence-corrected chi connectivity index (χ3v) is 5.27. The lowest BCUT2D eigenvalue weighted by atomic mass is 9.64. The van der Waals surface area contributed by atoms with Crippen LogP contribution in [0.1, 0.15) is 60.6 Å². The number of para-hydroxylation sites is 1. The average Bonchev–Trinajstić information content (AvgIpc) is 3.08. The van der Waals surface area contributed by atoms with Crippen molar-refractivity contribution < 1.29 is 46.0 Å². The molecule has 8 nitrogen and oxygen atoms in total. The molecule has 2 aromatic rings. The van der Waals surface area contributed by atoms with Gasteiger partial charge in [0.15, 0.2) is 18.1 Å². The van der Waals surface area contributed by atoms with Crippen LogP contribution in [0.5, 0.6) is 5.75 Å². The first-order valence-corrected chi connectivity index (χ1v) is 10.8. The quantitative estimate of drug-likeness (QED) is 0.421. The number of fused-ring (bicyclic) bond motifs is 1. The summed E-state index contributed by atoms with van der Waals surface area (Å²) in [6.45, 7) is 3.48. The number of ketones is 1. The molecule has 0 amide bonds. The van der Waals surface area contributed by atoms with Crippen molar-refractivity contribution >= 4 is 18.9 Å². The molecule has 3 rings (SSSR count). The fraction of sp³-hybridized carbons (Fsp3) is 0.500. The lowest BCUT2D eigenvalue weighted by Crippen LogP contribution is -2.36. The van der Waals surface area contributed by atoms with E-state index in [0.717, 1.165) is 0 Å². The van der Waals surface area contributed by atoms with Gasteiger partial charge in [-0.05, 0) is 24.0 Å². The van der Waals surface area contributed by atoms with E-state index in [9.17, 15) is 32.6 Å². The van der Waals surface area contributed by atoms with Crippen molar-refractivity contribution in [1.29, 1.82) is 0 Å². The number of rotatable bonds is 9. The molecule has 0 saturated carbocycles. The summed E-state index contributed by atoms with van der Waals surface area (Å²) in [4.78, 5) is 36.0. The smallest absolute Gasteiger partial charge is 0.526 e. The number of carbonyl (C=O) groups is 2. The molecule has 1 aromatic heterocycles. The Morgan fingerprint density at radius 3 is 2.62 bits per heavy atom. The van der Waals surface area contributed by atoms with Gasteiger partial charge in [0.25, 0.3) is 0 Å². The van der Waals surface area contributed by atoms with Crippen molar-refractivity contribution in [3.05, 3.63) is 51.5 Å². The van der Waals surface area contributed by atoms with Crippen LogP contribution in [0.3, 0.4) is 0 Å². The molecule has 0 unspecified atom stereocenters. The lowest BCUT2D eigenvalue weighted by Gasteiger charge is -2.28. The van der Waals surface area contributed by atoms with Crippen molar-refractivity contribution in [2.75, 3.05) is 0 Å². The second kappa shape index (κ2) is 10.5. The summed E-state index contributed by atoms with van der Waals surface area (Å²) >= 11 is 0. The van der Waals surface area contributed by atoms with E-state index in [4.69, 9.17) is 18.2 Å². The summed E-state index contributed by atoms with van der Waals surface area (Å²) in [5, 5.41) is 10.3. The van der Waals surface area contributed by atoms with E-state index in [0.29, 0.717) is 12.0 Å². The molecule has 0 saturated heterocycles. The van der Waals surface area contributed by atoms with E-state index >= 15 is 0 Å². The fourth-order valence-electron chi connectivity index (χ4n) is 3.68. The minimum absolute atomic E-state index is 0.00893. The summed E-state index contributed by atoms with van der Waals surface area (Å²) < 4.78 is 57.7. The number of alkyl halides is 3. The summed E-state index contributed by atoms with van der Waals surface area (Å²) in [6.07, 6.45) is -6.08. The molecular weight excluding hydrogens is 460 g/mol. The van der Waals surface area contributed by atoms with Gasteiger partial charge < -0.3 is 23.2 Å². The minimum Gasteiger partial charge on any atom is -0.535 e. The number of hydrogen-bond acceptors (Lipinski definition) is 8. The Morgan fingerprint density at radius 1 is 1.24 bits per heavy atom. The van der Waals surface area contributed by atoms with E-state index in [1.165, 1.54) is 6.07 Å². The van der Waals surface area contributed by atoms with E-state index in [1.54, 1.807) is 12.1 Å². The molecule has 0 radical (unpaired) electrons. The Hall–Kier alpha value is -3.02. The zero-order valence-corrected chi connectivity index (χ0v) is 18.6. The SMILES string of the molecule is CC(C)Cc1oc(=O)oc1COC(=O)c1cccc2c1OB(O)[C@@H](CC(=O)CCC(F)(F)F)C2. The minimum atomic E-state index is -4.44. The Balaban J connectivity index is 1.67. The first kappa shape index (κ1) is 25.6. The molecule has 2 heterocycles. The van der Waals surface area contributed by atoms with Gasteiger partial charge in [0.2, 0.25) is 0 Å². The van der Waals surface area contributed by atoms with Crippen LogP contribution < -0.4 is 10.5 Å². The summed E-state index contributed by atoms with van der Waals surface area (Å²) in [7, 11) is -1.49. The van der Waals surface area contributed by atoms with Crippen molar-refractivity contribution in [1.82, 2.24) is 0 Å². The van der Waals surface area contributed by atoms with Crippen LogP contribution in [0.15, 0.2) is 31.8 Å². The van der Waals surface area contributed by atoms with E-state index < -0.39 is 49.5 Å². The van der Waals surface area contributed by atoms with Gasteiger partial charge in [-0.3, -0.25) is 4.79 Å². The number of esters is 1. The third-order valence-electron chi connectivity index (χ3n) is 5.27. The molecule has 1 aliphatic heterocycles. The van der Waals surface area contributed by atoms with Crippen molar-refractivity contribution in [2.24, 2.45) is 5.92 Å². The van der Waals surface area contributed by atoms with Crippen LogP contribution in [-0.2, 0) is 29.0 Å². The Labute approximate surface area is 193 Å². The maximum Gasteiger partial charge on any atom is 0.526 e. The van der Waals surface area contributed by atoms with Gasteiger partial charge in [0.05, 0.1) is 6.42 Å². The number of benzene rings is 1. The number of halogens is 3. The van der Waals surface area contributed by atoms with Gasteiger partial charge >= 0.3 is 25.1 Å². The van der Waals surface area contributed by atoms with Crippen LogP contribution >= 0.6 is 0 Å². The monoisotopic (exact) mass is 484 g/mol. The number of ether oxygens (including phenoxy) is 1. The highest BCUT2D eigenvalue weighted by atomic mass is 19.4. The largest absolute Gasteiger partial charge is 0.535 e. The molecule has 1 N–H and O–H groups in total. The first-order chi connectivity index (χ1) is 15.9. The zero-order valence-electron chi connectivity index (χ0n) is 18.6. The highest BCUT2D eigenvalue weighted by Crippen LogP contribution is 2.37. The first-order valence-electron chi connectivity index (χ1n) is 10.8. The molecule has 0 aliphatic carbocycles. The second-order valence-corrected chi connectivity index (χ2v) is 8.60. The highest BCUT2D eigenvalue weighted by molar-refractivity contribution is 6.47. The maximum absolute atomic E-state index is 12.7. The maximum atomic E-state index is 12.7. The van der Waals surface area contributed by atoms with Crippen LogP contribution in [0.25, 0.3) is 0 Å². The fourth-order valence-corrected chi connectivity index (χ4v) is 3.68. The number of hydrogen-bond donors (Lipinski definition) is 1. The molecule has 1 atom stereocenters. The summed E-state index contributed by atoms with van der Waals surface area (Å²) in [5.74, 6) is -2.48. The number of Topliss-reactive ketones (excluding diaryl/α,β-unsaturated/α-hetero) is 1. The Morgan fingerprint density at radius 2 is 1.94 bits per heavy atom. The van der Waals surface area contributed by atoms with Crippen molar-refractivity contribution in [2.45, 2.75) is 64.6 Å². The van der Waals surface area contributed by atoms with Crippen LogP contribution in [0.4, 0.5) is 13.2 Å². The lowest BCUT2D eigenvalue weighted by molar-refractivity contribution is -0.143. The van der Waals surface area contributed by atoms with Gasteiger partial charge in [-0.25, -0.2) is 9.59 Å². The molecule has 0 bridgehead atoms. The van der Waals surface area contributed by atoms with Crippen LogP contribution in [0, 0.1) is 5.92 Å². The van der Waals surface area contributed by atoms with Gasteiger partial charge in [-0.1, -0.05) is 26.0 Å². The van der Waals surface area contributed by atoms with E-state index in [2.05, 4.69) is 0 Å². The Bertz CT molecular complexity index is 1090. The second-order valence-electron chi connectivity index (χ2n) is 8.60. The topological polar surface area (TPSA) is 116 Å². The Kier molecular flexibility index (Phi) is 7.91.